The number of aliphatic carboxylic acids is 1. The summed E-state index contributed by atoms with van der Waals surface area (Å²) in [5.74, 6) is -2.62. The van der Waals surface area contributed by atoms with Crippen LogP contribution in [0.1, 0.15) is 6.42 Å². The molecule has 0 radical (unpaired) electrons. The highest BCUT2D eigenvalue weighted by Gasteiger charge is 2.21. The van der Waals surface area contributed by atoms with Crippen molar-refractivity contribution in [3.63, 3.8) is 0 Å². The molecule has 0 aliphatic carbocycles. The molecule has 0 saturated carbocycles. The van der Waals surface area contributed by atoms with Crippen molar-refractivity contribution in [1.82, 2.24) is 5.32 Å². The fourth-order valence-corrected chi connectivity index (χ4v) is 2.34. The smallest absolute Gasteiger partial charge is 0.326 e. The molecular weight excluding hydrogens is 370 g/mol. The molecule has 0 aliphatic rings. The highest BCUT2D eigenvalue weighted by Crippen LogP contribution is 2.23. The minimum atomic E-state index is -1.21. The maximum Gasteiger partial charge on any atom is 0.326 e. The number of benzene rings is 1. The van der Waals surface area contributed by atoms with Crippen LogP contribution in [0.3, 0.4) is 0 Å². The predicted octanol–water partition coefficient (Wildman–Crippen LogP) is 3.06. The number of carboxylic acids is 1. The number of carbonyl (C=O) groups is 2. The van der Waals surface area contributed by atoms with Gasteiger partial charge in [-0.3, -0.25) is 0 Å². The Kier molecular flexibility index (Phi) is 6.90. The summed E-state index contributed by atoms with van der Waals surface area (Å²) >= 11 is 4.34. The number of urea groups is 1. The fourth-order valence-electron chi connectivity index (χ4n) is 1.46. The number of amides is 2. The first-order chi connectivity index (χ1) is 9.85. The lowest BCUT2D eigenvalue weighted by molar-refractivity contribution is -0.139. The molecule has 1 aromatic carbocycles. The Labute approximate surface area is 132 Å². The lowest BCUT2D eigenvalue weighted by Crippen LogP contribution is -2.43. The van der Waals surface area contributed by atoms with Crippen LogP contribution >= 0.6 is 27.7 Å². The van der Waals surface area contributed by atoms with Gasteiger partial charge in [0.1, 0.15) is 11.7 Å². The van der Waals surface area contributed by atoms with Gasteiger partial charge in [0.2, 0.25) is 0 Å². The van der Waals surface area contributed by atoms with Crippen molar-refractivity contribution in [3.8, 4) is 0 Å². The zero-order valence-corrected chi connectivity index (χ0v) is 13.4. The molecule has 1 rings (SSSR count). The van der Waals surface area contributed by atoms with Gasteiger partial charge in [-0.25, -0.2) is 18.4 Å². The molecule has 1 atom stereocenters. The normalized spacial score (nSPS) is 11.8. The molecule has 2 amide bonds. The molecule has 0 bridgehead atoms. The summed E-state index contributed by atoms with van der Waals surface area (Å²) in [7, 11) is 0. The molecule has 116 valence electrons. The highest BCUT2D eigenvalue weighted by atomic mass is 79.9. The van der Waals surface area contributed by atoms with E-state index >= 15 is 0 Å². The summed E-state index contributed by atoms with van der Waals surface area (Å²) in [4.78, 5) is 22.6. The van der Waals surface area contributed by atoms with E-state index in [1.54, 1.807) is 6.26 Å². The summed E-state index contributed by atoms with van der Waals surface area (Å²) in [5.41, 5.74) is -0.635. The zero-order valence-electron chi connectivity index (χ0n) is 11.0. The molecule has 0 spiro atoms. The van der Waals surface area contributed by atoms with Gasteiger partial charge >= 0.3 is 12.0 Å². The van der Waals surface area contributed by atoms with Crippen LogP contribution in [-0.4, -0.2) is 35.2 Å². The number of thioether (sulfide) groups is 1. The van der Waals surface area contributed by atoms with Crippen LogP contribution in [-0.2, 0) is 4.79 Å². The number of halogens is 3. The standard InChI is InChI=1S/C12H13BrF2N2O3S/c1-21-3-2-9(11(18)19)16-12(20)17-10-7(14)4-6(13)5-8(10)15/h4-5,9H,2-3H2,1H3,(H,18,19)(H2,16,17,20)/t9-/m0/s1. The molecular formula is C12H13BrF2N2O3S. The van der Waals surface area contributed by atoms with Crippen LogP contribution in [0, 0.1) is 11.6 Å². The molecule has 9 heteroatoms. The zero-order chi connectivity index (χ0) is 16.0. The third-order valence-electron chi connectivity index (χ3n) is 2.46. The molecule has 0 fully saturated rings. The fraction of sp³-hybridized carbons (Fsp3) is 0.333. The maximum absolute atomic E-state index is 13.5. The van der Waals surface area contributed by atoms with Crippen molar-refractivity contribution < 1.29 is 23.5 Å². The number of hydrogen-bond donors (Lipinski definition) is 3. The van der Waals surface area contributed by atoms with Gasteiger partial charge < -0.3 is 15.7 Å². The van der Waals surface area contributed by atoms with Gasteiger partial charge in [0.25, 0.3) is 0 Å². The first kappa shape index (κ1) is 17.7. The Hall–Kier alpha value is -1.35. The lowest BCUT2D eigenvalue weighted by atomic mass is 10.2. The molecule has 0 saturated heterocycles. The van der Waals surface area contributed by atoms with E-state index in [-0.39, 0.29) is 10.9 Å². The van der Waals surface area contributed by atoms with Gasteiger partial charge in [-0.1, -0.05) is 15.9 Å². The summed E-state index contributed by atoms with van der Waals surface area (Å²) in [6, 6.07) is -0.134. The van der Waals surface area contributed by atoms with Gasteiger partial charge in [-0.15, -0.1) is 0 Å². The van der Waals surface area contributed by atoms with E-state index in [9.17, 15) is 18.4 Å². The van der Waals surface area contributed by atoms with Crippen molar-refractivity contribution in [2.45, 2.75) is 12.5 Å². The molecule has 0 aliphatic heterocycles. The van der Waals surface area contributed by atoms with Gasteiger partial charge in [0, 0.05) is 4.47 Å². The van der Waals surface area contributed by atoms with Crippen LogP contribution in [0.2, 0.25) is 0 Å². The van der Waals surface area contributed by atoms with Crippen molar-refractivity contribution in [2.75, 3.05) is 17.3 Å². The van der Waals surface area contributed by atoms with Crippen LogP contribution in [0.5, 0.6) is 0 Å². The van der Waals surface area contributed by atoms with E-state index in [1.165, 1.54) is 11.8 Å². The third-order valence-corrected chi connectivity index (χ3v) is 3.56. The molecule has 0 unspecified atom stereocenters. The largest absolute Gasteiger partial charge is 0.480 e. The average Bonchev–Trinajstić information content (AvgIpc) is 2.38. The summed E-state index contributed by atoms with van der Waals surface area (Å²) in [6.07, 6.45) is 2.00. The minimum Gasteiger partial charge on any atom is -0.480 e. The van der Waals surface area contributed by atoms with E-state index in [4.69, 9.17) is 5.11 Å². The Morgan fingerprint density at radius 3 is 2.43 bits per heavy atom. The number of rotatable bonds is 6. The number of anilines is 1. The van der Waals surface area contributed by atoms with Gasteiger partial charge in [-0.2, -0.15) is 11.8 Å². The first-order valence-electron chi connectivity index (χ1n) is 5.79. The summed E-state index contributed by atoms with van der Waals surface area (Å²) in [6.45, 7) is 0. The van der Waals surface area contributed by atoms with E-state index in [0.29, 0.717) is 5.75 Å². The van der Waals surface area contributed by atoms with E-state index in [1.807, 2.05) is 5.32 Å². The third kappa shape index (κ3) is 5.50. The number of carboxylic acid groups (broad SMARTS) is 1. The number of nitrogens with one attached hydrogen (secondary N) is 2. The van der Waals surface area contributed by atoms with Crippen molar-refractivity contribution >= 4 is 45.4 Å². The van der Waals surface area contributed by atoms with Crippen LogP contribution < -0.4 is 10.6 Å². The van der Waals surface area contributed by atoms with Crippen LogP contribution in [0.15, 0.2) is 16.6 Å². The SMILES string of the molecule is CSCC[C@H](NC(=O)Nc1c(F)cc(Br)cc1F)C(=O)O. The monoisotopic (exact) mass is 382 g/mol. The minimum absolute atomic E-state index is 0.187. The molecule has 5 nitrogen and oxygen atoms in total. The lowest BCUT2D eigenvalue weighted by Gasteiger charge is -2.15. The molecule has 0 heterocycles. The van der Waals surface area contributed by atoms with Gasteiger partial charge in [0.05, 0.1) is 0 Å². The summed E-state index contributed by atoms with van der Waals surface area (Å²) in [5, 5.41) is 13.1. The second-order valence-corrected chi connectivity index (χ2v) is 5.92. The van der Waals surface area contributed by atoms with E-state index < -0.39 is 35.4 Å². The second kappa shape index (κ2) is 8.18. The van der Waals surface area contributed by atoms with E-state index in [0.717, 1.165) is 12.1 Å². The quantitative estimate of drug-likeness (QED) is 0.706. The van der Waals surface area contributed by atoms with Crippen LogP contribution in [0.4, 0.5) is 19.3 Å². The summed E-state index contributed by atoms with van der Waals surface area (Å²) < 4.78 is 27.3. The Morgan fingerprint density at radius 1 is 1.38 bits per heavy atom. The Balaban J connectivity index is 2.74. The number of carbonyl (C=O) groups excluding carboxylic acids is 1. The average molecular weight is 383 g/mol. The Morgan fingerprint density at radius 2 is 1.95 bits per heavy atom. The van der Waals surface area contributed by atoms with E-state index in [2.05, 4.69) is 21.2 Å². The van der Waals surface area contributed by atoms with Crippen molar-refractivity contribution in [3.05, 3.63) is 28.2 Å². The Bertz CT molecular complexity index is 522. The topological polar surface area (TPSA) is 78.4 Å². The highest BCUT2D eigenvalue weighted by molar-refractivity contribution is 9.10. The first-order valence-corrected chi connectivity index (χ1v) is 7.97. The van der Waals surface area contributed by atoms with Gasteiger partial charge in [-0.05, 0) is 30.6 Å². The molecule has 3 N–H and O–H groups in total. The maximum atomic E-state index is 13.5. The molecule has 1 aromatic rings. The second-order valence-electron chi connectivity index (χ2n) is 4.02. The van der Waals surface area contributed by atoms with Crippen molar-refractivity contribution in [2.24, 2.45) is 0 Å². The number of hydrogen-bond acceptors (Lipinski definition) is 3. The predicted molar refractivity (Wildman–Crippen MR) is 80.6 cm³/mol. The van der Waals surface area contributed by atoms with Crippen LogP contribution in [0.25, 0.3) is 0 Å². The molecule has 0 aromatic heterocycles. The van der Waals surface area contributed by atoms with Crippen molar-refractivity contribution in [1.29, 1.82) is 0 Å². The van der Waals surface area contributed by atoms with Gasteiger partial charge in [0.15, 0.2) is 11.6 Å². The molecule has 21 heavy (non-hydrogen) atoms.